The van der Waals surface area contributed by atoms with Gasteiger partial charge in [-0.3, -0.25) is 4.79 Å². The van der Waals surface area contributed by atoms with Crippen LogP contribution in [0.2, 0.25) is 0 Å². The highest BCUT2D eigenvalue weighted by Gasteiger charge is 2.20. The van der Waals surface area contributed by atoms with Crippen LogP contribution in [0.5, 0.6) is 5.75 Å². The van der Waals surface area contributed by atoms with Crippen LogP contribution in [0.1, 0.15) is 49.1 Å². The van der Waals surface area contributed by atoms with Crippen molar-refractivity contribution in [3.05, 3.63) is 29.3 Å². The molecule has 1 aromatic rings. The van der Waals surface area contributed by atoms with Crippen LogP contribution in [0.15, 0.2) is 18.2 Å². The minimum absolute atomic E-state index is 0.225. The van der Waals surface area contributed by atoms with Crippen molar-refractivity contribution in [1.82, 2.24) is 0 Å². The quantitative estimate of drug-likeness (QED) is 0.839. The zero-order valence-electron chi connectivity index (χ0n) is 9.98. The molecular weight excluding hydrogens is 214 g/mol. The summed E-state index contributed by atoms with van der Waals surface area (Å²) < 4.78 is 0. The maximum absolute atomic E-state index is 10.7. The zero-order chi connectivity index (χ0) is 12.3. The fraction of sp³-hybridized carbons (Fsp3) is 0.500. The summed E-state index contributed by atoms with van der Waals surface area (Å²) in [6.07, 6.45) is 5.73. The van der Waals surface area contributed by atoms with Gasteiger partial charge < -0.3 is 10.8 Å². The molecule has 1 atom stereocenters. The smallest absolute Gasteiger partial charge is 0.217 e. The van der Waals surface area contributed by atoms with E-state index >= 15 is 0 Å². The maximum Gasteiger partial charge on any atom is 0.217 e. The van der Waals surface area contributed by atoms with Crippen molar-refractivity contribution in [1.29, 1.82) is 0 Å². The topological polar surface area (TPSA) is 63.3 Å². The standard InChI is InChI=1S/C14H19NO2/c15-14(17)6-2-5-10-3-1-4-11-7-8-12(16)9-13(10)11/h7-10,16H,1-6H2,(H2,15,17). The van der Waals surface area contributed by atoms with Crippen molar-refractivity contribution in [2.45, 2.75) is 44.4 Å². The Morgan fingerprint density at radius 3 is 3.06 bits per heavy atom. The second-order valence-electron chi connectivity index (χ2n) is 4.83. The largest absolute Gasteiger partial charge is 0.508 e. The summed E-state index contributed by atoms with van der Waals surface area (Å²) in [5.74, 6) is 0.590. The molecule has 1 aliphatic carbocycles. The number of phenols is 1. The van der Waals surface area contributed by atoms with E-state index in [0.29, 0.717) is 18.1 Å². The predicted octanol–water partition coefficient (Wildman–Crippen LogP) is 2.47. The van der Waals surface area contributed by atoms with E-state index in [1.807, 2.05) is 12.1 Å². The van der Waals surface area contributed by atoms with Crippen LogP contribution in [0.3, 0.4) is 0 Å². The molecule has 1 unspecified atom stereocenters. The lowest BCUT2D eigenvalue weighted by molar-refractivity contribution is -0.118. The van der Waals surface area contributed by atoms with Gasteiger partial charge in [0.15, 0.2) is 0 Å². The summed E-state index contributed by atoms with van der Waals surface area (Å²) in [4.78, 5) is 10.7. The van der Waals surface area contributed by atoms with Gasteiger partial charge in [0, 0.05) is 6.42 Å². The summed E-state index contributed by atoms with van der Waals surface area (Å²) in [6.45, 7) is 0. The molecule has 3 N–H and O–H groups in total. The van der Waals surface area contributed by atoms with Crippen LogP contribution in [-0.2, 0) is 11.2 Å². The number of carbonyl (C=O) groups excluding carboxylic acids is 1. The monoisotopic (exact) mass is 233 g/mol. The van der Waals surface area contributed by atoms with Crippen molar-refractivity contribution in [3.8, 4) is 5.75 Å². The normalized spacial score (nSPS) is 18.7. The Morgan fingerprint density at radius 1 is 1.47 bits per heavy atom. The molecule has 2 rings (SSSR count). The third kappa shape index (κ3) is 2.99. The summed E-state index contributed by atoms with van der Waals surface area (Å²) in [5.41, 5.74) is 7.76. The SMILES string of the molecule is NC(=O)CCCC1CCCc2ccc(O)cc21. The first-order valence-corrected chi connectivity index (χ1v) is 6.27. The van der Waals surface area contributed by atoms with E-state index in [0.717, 1.165) is 25.7 Å². The molecule has 0 aliphatic heterocycles. The zero-order valence-corrected chi connectivity index (χ0v) is 9.98. The van der Waals surface area contributed by atoms with Crippen LogP contribution in [0, 0.1) is 0 Å². The molecule has 1 aliphatic rings. The minimum atomic E-state index is -0.225. The van der Waals surface area contributed by atoms with E-state index in [9.17, 15) is 9.90 Å². The van der Waals surface area contributed by atoms with Crippen LogP contribution < -0.4 is 5.73 Å². The van der Waals surface area contributed by atoms with Crippen LogP contribution in [-0.4, -0.2) is 11.0 Å². The van der Waals surface area contributed by atoms with Gasteiger partial charge in [-0.25, -0.2) is 0 Å². The first-order valence-electron chi connectivity index (χ1n) is 6.27. The molecular formula is C14H19NO2. The molecule has 0 heterocycles. The molecule has 0 fully saturated rings. The van der Waals surface area contributed by atoms with E-state index in [4.69, 9.17) is 5.73 Å². The van der Waals surface area contributed by atoms with Gasteiger partial charge in [-0.1, -0.05) is 6.07 Å². The second-order valence-corrected chi connectivity index (χ2v) is 4.83. The number of hydrogen-bond donors (Lipinski definition) is 2. The number of phenolic OH excluding ortho intramolecular Hbond substituents is 1. The molecule has 0 aromatic heterocycles. The van der Waals surface area contributed by atoms with E-state index < -0.39 is 0 Å². The highest BCUT2D eigenvalue weighted by Crippen LogP contribution is 2.36. The van der Waals surface area contributed by atoms with Crippen LogP contribution in [0.25, 0.3) is 0 Å². The molecule has 1 aromatic carbocycles. The van der Waals surface area contributed by atoms with Crippen LogP contribution in [0.4, 0.5) is 0 Å². The fourth-order valence-electron chi connectivity index (χ4n) is 2.71. The Kier molecular flexibility index (Phi) is 3.67. The van der Waals surface area contributed by atoms with Gasteiger partial charge in [0.05, 0.1) is 0 Å². The van der Waals surface area contributed by atoms with E-state index in [1.54, 1.807) is 6.07 Å². The summed E-state index contributed by atoms with van der Waals surface area (Å²) >= 11 is 0. The van der Waals surface area contributed by atoms with E-state index in [-0.39, 0.29) is 5.91 Å². The third-order valence-electron chi connectivity index (χ3n) is 3.54. The summed E-state index contributed by atoms with van der Waals surface area (Å²) in [6, 6.07) is 5.65. The number of nitrogens with two attached hydrogens (primary N) is 1. The first kappa shape index (κ1) is 12.0. The Hall–Kier alpha value is -1.51. The molecule has 0 bridgehead atoms. The van der Waals surface area contributed by atoms with Crippen LogP contribution >= 0.6 is 0 Å². The average molecular weight is 233 g/mol. The van der Waals surface area contributed by atoms with Gasteiger partial charge in [0.2, 0.25) is 5.91 Å². The number of amides is 1. The molecule has 17 heavy (non-hydrogen) atoms. The molecule has 3 heteroatoms. The van der Waals surface area contributed by atoms with Crippen molar-refractivity contribution < 1.29 is 9.90 Å². The Labute approximate surface area is 102 Å². The van der Waals surface area contributed by atoms with Gasteiger partial charge in [-0.15, -0.1) is 0 Å². The minimum Gasteiger partial charge on any atom is -0.508 e. The van der Waals surface area contributed by atoms with Crippen molar-refractivity contribution in [2.75, 3.05) is 0 Å². The average Bonchev–Trinajstić information content (AvgIpc) is 2.29. The van der Waals surface area contributed by atoms with E-state index in [1.165, 1.54) is 17.5 Å². The molecule has 3 nitrogen and oxygen atoms in total. The second kappa shape index (κ2) is 5.21. The maximum atomic E-state index is 10.7. The van der Waals surface area contributed by atoms with E-state index in [2.05, 4.69) is 0 Å². The van der Waals surface area contributed by atoms with Gasteiger partial charge in [-0.2, -0.15) is 0 Å². The van der Waals surface area contributed by atoms with Gasteiger partial charge in [-0.05, 0) is 61.3 Å². The molecule has 0 saturated carbocycles. The Balaban J connectivity index is 2.05. The number of carbonyl (C=O) groups is 1. The van der Waals surface area contributed by atoms with Crippen molar-refractivity contribution >= 4 is 5.91 Å². The molecule has 0 radical (unpaired) electrons. The number of aromatic hydroxyl groups is 1. The number of primary amides is 1. The number of aryl methyl sites for hydroxylation is 1. The number of benzene rings is 1. The Bertz CT molecular complexity index is 415. The number of hydrogen-bond acceptors (Lipinski definition) is 2. The number of rotatable bonds is 4. The van der Waals surface area contributed by atoms with Gasteiger partial charge in [0.1, 0.15) is 5.75 Å². The first-order chi connectivity index (χ1) is 8.16. The van der Waals surface area contributed by atoms with Gasteiger partial charge in [0.25, 0.3) is 0 Å². The lowest BCUT2D eigenvalue weighted by Gasteiger charge is -2.25. The lowest BCUT2D eigenvalue weighted by atomic mass is 9.80. The molecule has 92 valence electrons. The molecule has 0 spiro atoms. The number of fused-ring (bicyclic) bond motifs is 1. The van der Waals surface area contributed by atoms with Gasteiger partial charge >= 0.3 is 0 Å². The summed E-state index contributed by atoms with van der Waals surface area (Å²) in [7, 11) is 0. The molecule has 1 amide bonds. The summed E-state index contributed by atoms with van der Waals surface area (Å²) in [5, 5.41) is 9.55. The Morgan fingerprint density at radius 2 is 2.29 bits per heavy atom. The fourth-order valence-corrected chi connectivity index (χ4v) is 2.71. The highest BCUT2D eigenvalue weighted by atomic mass is 16.3. The molecule has 0 saturated heterocycles. The van der Waals surface area contributed by atoms with Crippen molar-refractivity contribution in [3.63, 3.8) is 0 Å². The highest BCUT2D eigenvalue weighted by molar-refractivity contribution is 5.73. The predicted molar refractivity (Wildman–Crippen MR) is 66.8 cm³/mol. The lowest BCUT2D eigenvalue weighted by Crippen LogP contribution is -2.13. The van der Waals surface area contributed by atoms with Crippen molar-refractivity contribution in [2.24, 2.45) is 5.73 Å². The third-order valence-corrected chi connectivity index (χ3v) is 3.54.